The third-order valence-electron chi connectivity index (χ3n) is 10.4. The van der Waals surface area contributed by atoms with Gasteiger partial charge in [0.15, 0.2) is 5.78 Å². The minimum absolute atomic E-state index is 0.0580. The molecule has 0 saturated heterocycles. The molecule has 0 aliphatic heterocycles. The molecule has 10 rings (SSSR count). The van der Waals surface area contributed by atoms with Gasteiger partial charge in [-0.15, -0.1) is 0 Å². The van der Waals surface area contributed by atoms with Crippen molar-refractivity contribution in [1.82, 2.24) is 4.57 Å². The van der Waals surface area contributed by atoms with E-state index < -0.39 is 5.41 Å². The maximum atomic E-state index is 14.6. The van der Waals surface area contributed by atoms with Crippen LogP contribution < -0.4 is 0 Å². The SMILES string of the molecule is O=C1c2ccccc2C(c2ccccc2)(c2ccccc2)c2ccc(-n3c4ccccc4c4cc5cc6ccccc6cc5cc43)cc21. The molecule has 8 aromatic carbocycles. The number of nitrogens with zero attached hydrogens (tertiary/aromatic N) is 1. The first kappa shape index (κ1) is 26.9. The molecule has 0 spiro atoms. The van der Waals surface area contributed by atoms with Crippen molar-refractivity contribution in [3.63, 3.8) is 0 Å². The number of carbonyl (C=O) groups excluding carboxylic acids is 1. The normalized spacial score (nSPS) is 13.6. The van der Waals surface area contributed by atoms with Crippen LogP contribution in [0.15, 0.2) is 176 Å². The Bertz CT molecular complexity index is 2700. The van der Waals surface area contributed by atoms with E-state index in [0.717, 1.165) is 50.1 Å². The van der Waals surface area contributed by atoms with Crippen molar-refractivity contribution < 1.29 is 4.79 Å². The van der Waals surface area contributed by atoms with Crippen LogP contribution in [0.4, 0.5) is 0 Å². The summed E-state index contributed by atoms with van der Waals surface area (Å²) in [5.74, 6) is 0.0580. The monoisotopic (exact) mass is 611 g/mol. The summed E-state index contributed by atoms with van der Waals surface area (Å²) in [5.41, 5.74) is 8.34. The molecule has 1 aliphatic carbocycles. The number of fused-ring (bicyclic) bond motifs is 7. The van der Waals surface area contributed by atoms with E-state index >= 15 is 0 Å². The lowest BCUT2D eigenvalue weighted by Crippen LogP contribution is -2.38. The summed E-state index contributed by atoms with van der Waals surface area (Å²) in [6, 6.07) is 62.3. The summed E-state index contributed by atoms with van der Waals surface area (Å²) in [5, 5.41) is 7.27. The highest BCUT2D eigenvalue weighted by Crippen LogP contribution is 2.51. The van der Waals surface area contributed by atoms with Gasteiger partial charge in [0.25, 0.3) is 0 Å². The Hall–Kier alpha value is -6.25. The van der Waals surface area contributed by atoms with Crippen LogP contribution in [0.2, 0.25) is 0 Å². The zero-order chi connectivity index (χ0) is 31.8. The number of aromatic nitrogens is 1. The van der Waals surface area contributed by atoms with Gasteiger partial charge >= 0.3 is 0 Å². The molecule has 0 unspecified atom stereocenters. The zero-order valence-corrected chi connectivity index (χ0v) is 26.1. The Balaban J connectivity index is 1.29. The van der Waals surface area contributed by atoms with Gasteiger partial charge in [0.2, 0.25) is 0 Å². The van der Waals surface area contributed by atoms with E-state index in [1.807, 2.05) is 12.1 Å². The number of hydrogen-bond donors (Lipinski definition) is 0. The van der Waals surface area contributed by atoms with Gasteiger partial charge in [-0.3, -0.25) is 4.79 Å². The summed E-state index contributed by atoms with van der Waals surface area (Å²) in [7, 11) is 0. The van der Waals surface area contributed by atoms with Gasteiger partial charge in [-0.2, -0.15) is 0 Å². The smallest absolute Gasteiger partial charge is 0.193 e. The van der Waals surface area contributed by atoms with Crippen molar-refractivity contribution in [1.29, 1.82) is 0 Å². The Morgan fingerprint density at radius 3 is 1.71 bits per heavy atom. The number of ketones is 1. The van der Waals surface area contributed by atoms with E-state index in [0.29, 0.717) is 0 Å². The van der Waals surface area contributed by atoms with Crippen LogP contribution in [0, 0.1) is 0 Å². The van der Waals surface area contributed by atoms with Gasteiger partial charge in [-0.05, 0) is 86.3 Å². The van der Waals surface area contributed by atoms with Gasteiger partial charge in [0, 0.05) is 27.6 Å². The first-order valence-electron chi connectivity index (χ1n) is 16.5. The van der Waals surface area contributed by atoms with Crippen molar-refractivity contribution in [3.8, 4) is 5.69 Å². The van der Waals surface area contributed by atoms with E-state index in [1.54, 1.807) is 0 Å². The summed E-state index contributed by atoms with van der Waals surface area (Å²) < 4.78 is 2.33. The van der Waals surface area contributed by atoms with Gasteiger partial charge in [-0.25, -0.2) is 0 Å². The fourth-order valence-electron chi connectivity index (χ4n) is 8.33. The lowest BCUT2D eigenvalue weighted by molar-refractivity contribution is 0.103. The van der Waals surface area contributed by atoms with Crippen LogP contribution in [0.3, 0.4) is 0 Å². The van der Waals surface area contributed by atoms with Crippen LogP contribution >= 0.6 is 0 Å². The van der Waals surface area contributed by atoms with E-state index in [-0.39, 0.29) is 5.78 Å². The van der Waals surface area contributed by atoms with Crippen LogP contribution in [-0.4, -0.2) is 10.4 Å². The Kier molecular flexibility index (Phi) is 5.68. The second kappa shape index (κ2) is 10.1. The van der Waals surface area contributed by atoms with E-state index in [1.165, 1.54) is 32.3 Å². The summed E-state index contributed by atoms with van der Waals surface area (Å²) in [6.45, 7) is 0. The topological polar surface area (TPSA) is 22.0 Å². The van der Waals surface area contributed by atoms with E-state index in [4.69, 9.17) is 0 Å². The van der Waals surface area contributed by atoms with Crippen molar-refractivity contribution >= 4 is 49.1 Å². The number of benzene rings is 8. The predicted octanol–water partition coefficient (Wildman–Crippen LogP) is 11.0. The van der Waals surface area contributed by atoms with Crippen molar-refractivity contribution in [3.05, 3.63) is 209 Å². The molecule has 224 valence electrons. The summed E-state index contributed by atoms with van der Waals surface area (Å²) in [6.07, 6.45) is 0. The maximum Gasteiger partial charge on any atom is 0.193 e. The van der Waals surface area contributed by atoms with Gasteiger partial charge < -0.3 is 4.57 Å². The molecule has 2 nitrogen and oxygen atoms in total. The molecule has 0 N–H and O–H groups in total. The highest BCUT2D eigenvalue weighted by atomic mass is 16.1. The molecule has 1 aliphatic rings. The first-order valence-corrected chi connectivity index (χ1v) is 16.5. The van der Waals surface area contributed by atoms with Gasteiger partial charge in [0.1, 0.15) is 0 Å². The quantitative estimate of drug-likeness (QED) is 0.182. The minimum atomic E-state index is -0.654. The standard InChI is InChI=1S/C46H29NO/c48-45-38-20-9-11-21-41(38)46(34-15-3-1-4-16-34,35-17-5-2-6-18-35)42-24-23-36(29-40(42)45)47-43-22-12-10-19-37(43)39-27-32-25-30-13-7-8-14-31(30)26-33(32)28-44(39)47/h1-29H. The number of carbonyl (C=O) groups is 1. The Morgan fingerprint density at radius 1 is 0.396 bits per heavy atom. The van der Waals surface area contributed by atoms with Crippen LogP contribution in [-0.2, 0) is 5.41 Å². The number of rotatable bonds is 3. The molecule has 2 heteroatoms. The molecule has 1 heterocycles. The summed E-state index contributed by atoms with van der Waals surface area (Å²) in [4.78, 5) is 14.6. The zero-order valence-electron chi connectivity index (χ0n) is 26.1. The fourth-order valence-corrected chi connectivity index (χ4v) is 8.33. The highest BCUT2D eigenvalue weighted by Gasteiger charge is 2.46. The lowest BCUT2D eigenvalue weighted by atomic mass is 9.59. The highest BCUT2D eigenvalue weighted by molar-refractivity contribution is 6.16. The predicted molar refractivity (Wildman–Crippen MR) is 198 cm³/mol. The average Bonchev–Trinajstić information content (AvgIpc) is 3.47. The number of para-hydroxylation sites is 1. The molecule has 0 radical (unpaired) electrons. The molecule has 0 amide bonds. The van der Waals surface area contributed by atoms with Crippen molar-refractivity contribution in [2.24, 2.45) is 0 Å². The molecule has 48 heavy (non-hydrogen) atoms. The van der Waals surface area contributed by atoms with Gasteiger partial charge in [-0.1, -0.05) is 133 Å². The van der Waals surface area contributed by atoms with E-state index in [2.05, 4.69) is 168 Å². The molecule has 0 atom stereocenters. The lowest BCUT2D eigenvalue weighted by Gasteiger charge is -2.41. The third kappa shape index (κ3) is 3.66. The average molecular weight is 612 g/mol. The first-order chi connectivity index (χ1) is 23.7. The van der Waals surface area contributed by atoms with Gasteiger partial charge in [0.05, 0.1) is 16.4 Å². The van der Waals surface area contributed by atoms with Crippen molar-refractivity contribution in [2.75, 3.05) is 0 Å². The Morgan fingerprint density at radius 2 is 0.979 bits per heavy atom. The second-order valence-electron chi connectivity index (χ2n) is 12.9. The minimum Gasteiger partial charge on any atom is -0.309 e. The third-order valence-corrected chi connectivity index (χ3v) is 10.4. The molecule has 9 aromatic rings. The molecule has 0 saturated carbocycles. The summed E-state index contributed by atoms with van der Waals surface area (Å²) >= 11 is 0. The molecule has 0 bridgehead atoms. The van der Waals surface area contributed by atoms with Crippen molar-refractivity contribution in [2.45, 2.75) is 5.41 Å². The van der Waals surface area contributed by atoms with E-state index in [9.17, 15) is 4.79 Å². The fraction of sp³-hybridized carbons (Fsp3) is 0.0217. The number of hydrogen-bond acceptors (Lipinski definition) is 1. The second-order valence-corrected chi connectivity index (χ2v) is 12.9. The molecular weight excluding hydrogens is 583 g/mol. The molecule has 1 aromatic heterocycles. The van der Waals surface area contributed by atoms with Crippen LogP contribution in [0.25, 0.3) is 49.0 Å². The van der Waals surface area contributed by atoms with Crippen LogP contribution in [0.5, 0.6) is 0 Å². The van der Waals surface area contributed by atoms with Crippen LogP contribution in [0.1, 0.15) is 38.2 Å². The largest absolute Gasteiger partial charge is 0.309 e. The Labute approximate surface area is 278 Å². The molecular formula is C46H29NO. The maximum absolute atomic E-state index is 14.6. The molecule has 0 fully saturated rings.